The Labute approximate surface area is 155 Å². The molecule has 1 amide bonds. The zero-order chi connectivity index (χ0) is 18.1. The number of piperidine rings is 1. The van der Waals surface area contributed by atoms with E-state index >= 15 is 0 Å². The molecule has 1 aromatic heterocycles. The Morgan fingerprint density at radius 2 is 1.92 bits per heavy atom. The number of hydrogen-bond donors (Lipinski definition) is 0. The van der Waals surface area contributed by atoms with Crippen molar-refractivity contribution in [3.63, 3.8) is 0 Å². The minimum Gasteiger partial charge on any atom is -0.355 e. The molecule has 1 atom stereocenters. The van der Waals surface area contributed by atoms with Crippen LogP contribution in [0.25, 0.3) is 0 Å². The number of carbonyl (C=O) groups excluding carboxylic acids is 1. The molecule has 2 aliphatic rings. The third-order valence-electron chi connectivity index (χ3n) is 5.82. The first-order valence-corrected chi connectivity index (χ1v) is 9.52. The van der Waals surface area contributed by atoms with Crippen LogP contribution in [0.1, 0.15) is 35.2 Å². The fourth-order valence-electron chi connectivity index (χ4n) is 4.16. The molecular formula is C21H26N4O. The summed E-state index contributed by atoms with van der Waals surface area (Å²) in [5.74, 6) is 1.34. The zero-order valence-corrected chi connectivity index (χ0v) is 15.6. The number of aryl methyl sites for hydroxylation is 1. The minimum absolute atomic E-state index is 0.0590. The highest BCUT2D eigenvalue weighted by molar-refractivity contribution is 5.80. The zero-order valence-electron chi connectivity index (χ0n) is 15.6. The van der Waals surface area contributed by atoms with Gasteiger partial charge in [0.2, 0.25) is 5.91 Å². The fourth-order valence-corrected chi connectivity index (χ4v) is 4.16. The number of rotatable bonds is 2. The van der Waals surface area contributed by atoms with Crippen molar-refractivity contribution >= 4 is 11.7 Å². The maximum Gasteiger partial charge on any atom is 0.227 e. The van der Waals surface area contributed by atoms with Crippen molar-refractivity contribution in [2.75, 3.05) is 24.5 Å². The van der Waals surface area contributed by atoms with Gasteiger partial charge in [0, 0.05) is 37.4 Å². The second-order valence-corrected chi connectivity index (χ2v) is 7.47. The van der Waals surface area contributed by atoms with Gasteiger partial charge < -0.3 is 9.80 Å². The Hall–Kier alpha value is -2.43. The highest BCUT2D eigenvalue weighted by Gasteiger charge is 2.31. The van der Waals surface area contributed by atoms with Gasteiger partial charge in [-0.1, -0.05) is 24.3 Å². The Balaban J connectivity index is 1.48. The van der Waals surface area contributed by atoms with Gasteiger partial charge in [-0.2, -0.15) is 0 Å². The lowest BCUT2D eigenvalue weighted by Gasteiger charge is -2.37. The van der Waals surface area contributed by atoms with Gasteiger partial charge in [-0.25, -0.2) is 9.97 Å². The van der Waals surface area contributed by atoms with Crippen LogP contribution in [0, 0.1) is 19.8 Å². The van der Waals surface area contributed by atoms with E-state index in [9.17, 15) is 4.79 Å². The molecule has 0 bridgehead atoms. The van der Waals surface area contributed by atoms with Crippen molar-refractivity contribution in [2.45, 2.75) is 39.7 Å². The number of carbonyl (C=O) groups is 1. The largest absolute Gasteiger partial charge is 0.355 e. The van der Waals surface area contributed by atoms with E-state index in [4.69, 9.17) is 0 Å². The predicted molar refractivity (Wildman–Crippen MR) is 102 cm³/mol. The van der Waals surface area contributed by atoms with Crippen LogP contribution < -0.4 is 4.90 Å². The summed E-state index contributed by atoms with van der Waals surface area (Å²) in [5.41, 5.74) is 4.81. The van der Waals surface area contributed by atoms with Crippen molar-refractivity contribution < 1.29 is 4.79 Å². The molecule has 5 nitrogen and oxygen atoms in total. The standard InChI is InChI=1S/C21H26N4O/c1-15-16(2)22-14-23-20(15)24-10-5-8-19(13-24)21(26)25-11-9-17-6-3-4-7-18(17)12-25/h3-4,6-7,14,19H,5,8-13H2,1-2H3. The summed E-state index contributed by atoms with van der Waals surface area (Å²) in [4.78, 5) is 26.2. The molecule has 0 spiro atoms. The molecule has 4 rings (SSSR count). The predicted octanol–water partition coefficient (Wildman–Crippen LogP) is 2.89. The second kappa shape index (κ2) is 7.06. The molecule has 26 heavy (non-hydrogen) atoms. The van der Waals surface area contributed by atoms with Crippen LogP contribution in [0.3, 0.4) is 0 Å². The summed E-state index contributed by atoms with van der Waals surface area (Å²) in [6.45, 7) is 7.38. The molecule has 0 saturated carbocycles. The van der Waals surface area contributed by atoms with Gasteiger partial charge in [0.15, 0.2) is 0 Å². The van der Waals surface area contributed by atoms with Gasteiger partial charge in [0.1, 0.15) is 12.1 Å². The number of benzene rings is 1. The second-order valence-electron chi connectivity index (χ2n) is 7.47. The molecule has 0 N–H and O–H groups in total. The SMILES string of the molecule is Cc1ncnc(N2CCCC(C(=O)N3CCc4ccccc4C3)C2)c1C. The Morgan fingerprint density at radius 3 is 2.77 bits per heavy atom. The highest BCUT2D eigenvalue weighted by Crippen LogP contribution is 2.27. The first-order valence-electron chi connectivity index (χ1n) is 9.52. The Morgan fingerprint density at radius 1 is 1.12 bits per heavy atom. The van der Waals surface area contributed by atoms with Gasteiger partial charge in [-0.3, -0.25) is 4.79 Å². The third kappa shape index (κ3) is 3.18. The molecule has 2 aromatic rings. The smallest absolute Gasteiger partial charge is 0.227 e. The van der Waals surface area contributed by atoms with E-state index in [0.29, 0.717) is 5.91 Å². The highest BCUT2D eigenvalue weighted by atomic mass is 16.2. The molecule has 0 radical (unpaired) electrons. The van der Waals surface area contributed by atoms with Crippen molar-refractivity contribution in [3.05, 3.63) is 53.0 Å². The molecule has 136 valence electrons. The molecule has 0 aliphatic carbocycles. The third-order valence-corrected chi connectivity index (χ3v) is 5.82. The molecule has 2 aliphatic heterocycles. The van der Waals surface area contributed by atoms with Crippen molar-refractivity contribution in [1.29, 1.82) is 0 Å². The topological polar surface area (TPSA) is 49.3 Å². The van der Waals surface area contributed by atoms with Crippen LogP contribution in [0.4, 0.5) is 5.82 Å². The minimum atomic E-state index is 0.0590. The monoisotopic (exact) mass is 350 g/mol. The van der Waals surface area contributed by atoms with Crippen molar-refractivity contribution in [2.24, 2.45) is 5.92 Å². The molecule has 1 unspecified atom stereocenters. The van der Waals surface area contributed by atoms with E-state index in [1.807, 2.05) is 6.92 Å². The summed E-state index contributed by atoms with van der Waals surface area (Å²) in [6, 6.07) is 8.48. The molecule has 3 heterocycles. The van der Waals surface area contributed by atoms with E-state index in [1.165, 1.54) is 11.1 Å². The number of fused-ring (bicyclic) bond motifs is 1. The normalized spacial score (nSPS) is 20.0. The molecule has 1 saturated heterocycles. The summed E-state index contributed by atoms with van der Waals surface area (Å²) in [7, 11) is 0. The first-order chi connectivity index (χ1) is 12.6. The van der Waals surface area contributed by atoms with Gasteiger partial charge in [0.05, 0.1) is 5.92 Å². The lowest BCUT2D eigenvalue weighted by Crippen LogP contribution is -2.46. The van der Waals surface area contributed by atoms with Crippen molar-refractivity contribution in [3.8, 4) is 0 Å². The van der Waals surface area contributed by atoms with Crippen LogP contribution in [-0.2, 0) is 17.8 Å². The van der Waals surface area contributed by atoms with E-state index in [1.54, 1.807) is 6.33 Å². The van der Waals surface area contributed by atoms with E-state index in [-0.39, 0.29) is 5.92 Å². The van der Waals surface area contributed by atoms with Gasteiger partial charge in [0.25, 0.3) is 0 Å². The van der Waals surface area contributed by atoms with Crippen LogP contribution in [-0.4, -0.2) is 40.4 Å². The Bertz CT molecular complexity index is 819. The van der Waals surface area contributed by atoms with Crippen molar-refractivity contribution in [1.82, 2.24) is 14.9 Å². The number of anilines is 1. The number of nitrogens with zero attached hydrogens (tertiary/aromatic N) is 4. The molecule has 5 heteroatoms. The fraction of sp³-hybridized carbons (Fsp3) is 0.476. The first kappa shape index (κ1) is 17.0. The van der Waals surface area contributed by atoms with E-state index < -0.39 is 0 Å². The van der Waals surface area contributed by atoms with E-state index in [0.717, 1.165) is 62.5 Å². The van der Waals surface area contributed by atoms with Gasteiger partial charge >= 0.3 is 0 Å². The number of amides is 1. The lowest BCUT2D eigenvalue weighted by molar-refractivity contribution is -0.136. The molecule has 1 aromatic carbocycles. The van der Waals surface area contributed by atoms with Crippen LogP contribution in [0.5, 0.6) is 0 Å². The summed E-state index contributed by atoms with van der Waals surface area (Å²) in [6.07, 6.45) is 4.59. The molecular weight excluding hydrogens is 324 g/mol. The van der Waals surface area contributed by atoms with Crippen LogP contribution in [0.2, 0.25) is 0 Å². The Kier molecular flexibility index (Phi) is 4.62. The summed E-state index contributed by atoms with van der Waals surface area (Å²) < 4.78 is 0. The lowest BCUT2D eigenvalue weighted by atomic mass is 9.93. The van der Waals surface area contributed by atoms with Gasteiger partial charge in [-0.15, -0.1) is 0 Å². The van der Waals surface area contributed by atoms with Crippen LogP contribution >= 0.6 is 0 Å². The summed E-state index contributed by atoms with van der Waals surface area (Å²) >= 11 is 0. The maximum atomic E-state index is 13.2. The number of aromatic nitrogens is 2. The summed E-state index contributed by atoms with van der Waals surface area (Å²) in [5, 5.41) is 0. The number of hydrogen-bond acceptors (Lipinski definition) is 4. The average molecular weight is 350 g/mol. The molecule has 1 fully saturated rings. The maximum absolute atomic E-state index is 13.2. The quantitative estimate of drug-likeness (QED) is 0.836. The van der Waals surface area contributed by atoms with Crippen LogP contribution in [0.15, 0.2) is 30.6 Å². The average Bonchev–Trinajstić information content (AvgIpc) is 2.69. The van der Waals surface area contributed by atoms with E-state index in [2.05, 4.69) is 51.0 Å². The van der Waals surface area contributed by atoms with Gasteiger partial charge in [-0.05, 0) is 44.2 Å².